The van der Waals surface area contributed by atoms with Crippen LogP contribution in [0, 0.1) is 0 Å². The van der Waals surface area contributed by atoms with E-state index in [-0.39, 0.29) is 33.2 Å². The van der Waals surface area contributed by atoms with E-state index < -0.39 is 32.6 Å². The molecule has 4 rings (SSSR count). The second kappa shape index (κ2) is 8.93. The van der Waals surface area contributed by atoms with Gasteiger partial charge in [0.25, 0.3) is 11.9 Å². The average Bonchev–Trinajstić information content (AvgIpc) is 3.40. The number of hydrogen-bond donors (Lipinski definition) is 2. The number of nitrogens with zero attached hydrogens (tertiary/aromatic N) is 5. The monoisotopic (exact) mass is 523 g/mol. The molecule has 3 aromatic rings. The highest BCUT2D eigenvalue weighted by molar-refractivity contribution is 7.90. The third-order valence-electron chi connectivity index (χ3n) is 4.99. The van der Waals surface area contributed by atoms with Crippen molar-refractivity contribution in [1.29, 1.82) is 0 Å². The zero-order chi connectivity index (χ0) is 24.7. The molecule has 1 aromatic carbocycles. The van der Waals surface area contributed by atoms with Gasteiger partial charge < -0.3 is 5.32 Å². The summed E-state index contributed by atoms with van der Waals surface area (Å²) in [5.74, 6) is -0.648. The number of rotatable bonds is 7. The molecule has 0 bridgehead atoms. The fourth-order valence-corrected chi connectivity index (χ4v) is 4.13. The van der Waals surface area contributed by atoms with Crippen molar-refractivity contribution >= 4 is 50.8 Å². The second-order valence-corrected chi connectivity index (χ2v) is 11.0. The Balaban J connectivity index is 1.63. The third kappa shape index (κ3) is 5.18. The minimum Gasteiger partial charge on any atom is -0.342 e. The number of amides is 2. The number of nitrogens with one attached hydrogen (secondary N) is 2. The molecule has 1 aliphatic rings. The summed E-state index contributed by atoms with van der Waals surface area (Å²) < 4.78 is 25.1. The summed E-state index contributed by atoms with van der Waals surface area (Å²) in [6, 6.07) is 4.72. The van der Waals surface area contributed by atoms with Gasteiger partial charge in [-0.15, -0.1) is 16.7 Å². The van der Waals surface area contributed by atoms with Crippen molar-refractivity contribution in [2.24, 2.45) is 0 Å². The lowest BCUT2D eigenvalue weighted by Crippen LogP contribution is -2.29. The van der Waals surface area contributed by atoms with Crippen molar-refractivity contribution in [2.45, 2.75) is 35.6 Å². The van der Waals surface area contributed by atoms with Gasteiger partial charge in [-0.25, -0.2) is 18.4 Å². The number of carbonyl (C=O) groups is 2. The van der Waals surface area contributed by atoms with Crippen LogP contribution in [0.25, 0.3) is 5.95 Å². The molecule has 2 amide bonds. The minimum absolute atomic E-state index is 0.0254. The number of alkyl halides is 1. The maximum Gasteiger partial charge on any atom is 0.252 e. The normalized spacial score (nSPS) is 15.4. The van der Waals surface area contributed by atoms with E-state index in [4.69, 9.17) is 23.2 Å². The lowest BCUT2D eigenvalue weighted by atomic mass is 10.2. The number of sulfone groups is 1. The number of anilines is 1. The second-order valence-electron chi connectivity index (χ2n) is 7.82. The Morgan fingerprint density at radius 2 is 1.85 bits per heavy atom. The van der Waals surface area contributed by atoms with Crippen LogP contribution in [-0.2, 0) is 14.6 Å². The zero-order valence-corrected chi connectivity index (χ0v) is 20.3. The Hall–Kier alpha value is -3.09. The van der Waals surface area contributed by atoms with Crippen LogP contribution in [-0.4, -0.2) is 56.1 Å². The van der Waals surface area contributed by atoms with Gasteiger partial charge in [0.1, 0.15) is 4.87 Å². The standard InChI is InChI=1S/C20H19Cl2N7O4S/c1-11(25-16(30)12-8-13(21)10-14(9-12)34(2,32)33)15-26-18(27-17(31)20(22)4-5-20)28-29(15)19-23-6-3-7-24-19/h3,6-11H,4-5H2,1-2H3,(H,25,30)(H,27,28,31). The van der Waals surface area contributed by atoms with Gasteiger partial charge in [-0.2, -0.15) is 9.67 Å². The molecule has 34 heavy (non-hydrogen) atoms. The van der Waals surface area contributed by atoms with E-state index in [1.165, 1.54) is 35.3 Å². The van der Waals surface area contributed by atoms with Crippen LogP contribution in [0.3, 0.4) is 0 Å². The van der Waals surface area contributed by atoms with Crippen LogP contribution in [0.2, 0.25) is 5.02 Å². The number of carbonyl (C=O) groups excluding carboxylic acids is 2. The van der Waals surface area contributed by atoms with Crippen LogP contribution < -0.4 is 10.6 Å². The predicted octanol–water partition coefficient (Wildman–Crippen LogP) is 2.32. The van der Waals surface area contributed by atoms with Crippen molar-refractivity contribution in [3.8, 4) is 5.95 Å². The molecule has 14 heteroatoms. The summed E-state index contributed by atoms with van der Waals surface area (Å²) in [4.78, 5) is 36.8. The van der Waals surface area contributed by atoms with E-state index in [1.54, 1.807) is 13.0 Å². The molecule has 0 spiro atoms. The molecule has 1 aliphatic carbocycles. The molecule has 2 aromatic heterocycles. The van der Waals surface area contributed by atoms with Crippen molar-refractivity contribution in [1.82, 2.24) is 30.0 Å². The highest BCUT2D eigenvalue weighted by atomic mass is 35.5. The third-order valence-corrected chi connectivity index (χ3v) is 6.85. The van der Waals surface area contributed by atoms with E-state index >= 15 is 0 Å². The van der Waals surface area contributed by atoms with Gasteiger partial charge in [0.05, 0.1) is 10.9 Å². The van der Waals surface area contributed by atoms with Crippen LogP contribution in [0.4, 0.5) is 5.95 Å². The number of aromatic nitrogens is 5. The van der Waals surface area contributed by atoms with Gasteiger partial charge in [0.15, 0.2) is 15.7 Å². The fourth-order valence-electron chi connectivity index (χ4n) is 3.01. The maximum absolute atomic E-state index is 12.9. The Labute approximate surface area is 204 Å². The summed E-state index contributed by atoms with van der Waals surface area (Å²) in [7, 11) is -3.58. The van der Waals surface area contributed by atoms with Crippen molar-refractivity contribution in [3.63, 3.8) is 0 Å². The van der Waals surface area contributed by atoms with Crippen LogP contribution >= 0.6 is 23.2 Å². The van der Waals surface area contributed by atoms with Gasteiger partial charge in [0.2, 0.25) is 11.9 Å². The Kier molecular flexibility index (Phi) is 6.32. The van der Waals surface area contributed by atoms with Gasteiger partial charge in [-0.05, 0) is 44.0 Å². The first-order valence-corrected chi connectivity index (χ1v) is 12.7. The minimum atomic E-state index is -3.58. The Morgan fingerprint density at radius 1 is 1.18 bits per heavy atom. The Morgan fingerprint density at radius 3 is 2.47 bits per heavy atom. The van der Waals surface area contributed by atoms with E-state index in [2.05, 4.69) is 30.7 Å². The summed E-state index contributed by atoms with van der Waals surface area (Å²) in [6.07, 6.45) is 5.14. The summed E-state index contributed by atoms with van der Waals surface area (Å²) in [5, 5.41) is 9.67. The quantitative estimate of drug-likeness (QED) is 0.448. The average molecular weight is 524 g/mol. The fraction of sp³-hybridized carbons (Fsp3) is 0.300. The highest BCUT2D eigenvalue weighted by Crippen LogP contribution is 2.43. The maximum atomic E-state index is 12.9. The van der Waals surface area contributed by atoms with Crippen molar-refractivity contribution in [3.05, 3.63) is 53.1 Å². The van der Waals surface area contributed by atoms with E-state index in [1.807, 2.05) is 0 Å². The summed E-state index contributed by atoms with van der Waals surface area (Å²) in [5.41, 5.74) is 0.0492. The zero-order valence-electron chi connectivity index (χ0n) is 18.0. The molecule has 1 saturated carbocycles. The molecule has 178 valence electrons. The SMILES string of the molecule is CC(NC(=O)c1cc(Cl)cc(S(C)(=O)=O)c1)c1nc(NC(=O)C2(Cl)CC2)nn1-c1ncccn1. The summed E-state index contributed by atoms with van der Waals surface area (Å²) in [6.45, 7) is 1.64. The van der Waals surface area contributed by atoms with Crippen molar-refractivity contribution in [2.75, 3.05) is 11.6 Å². The van der Waals surface area contributed by atoms with E-state index in [0.29, 0.717) is 12.8 Å². The number of benzene rings is 1. The topological polar surface area (TPSA) is 149 Å². The molecule has 1 unspecified atom stereocenters. The van der Waals surface area contributed by atoms with Crippen LogP contribution in [0.5, 0.6) is 0 Å². The molecular formula is C20H19Cl2N7O4S. The van der Waals surface area contributed by atoms with Crippen LogP contribution in [0.15, 0.2) is 41.6 Å². The molecule has 1 atom stereocenters. The number of halogens is 2. The molecule has 1 fully saturated rings. The molecule has 0 saturated heterocycles. The molecule has 2 N–H and O–H groups in total. The first-order chi connectivity index (χ1) is 16.0. The first-order valence-electron chi connectivity index (χ1n) is 10.0. The van der Waals surface area contributed by atoms with Crippen LogP contribution in [0.1, 0.15) is 42.0 Å². The molecule has 11 nitrogen and oxygen atoms in total. The molecular weight excluding hydrogens is 505 g/mol. The smallest absolute Gasteiger partial charge is 0.252 e. The van der Waals surface area contributed by atoms with Gasteiger partial charge in [-0.3, -0.25) is 14.9 Å². The number of hydrogen-bond acceptors (Lipinski definition) is 8. The van der Waals surface area contributed by atoms with Crippen molar-refractivity contribution < 1.29 is 18.0 Å². The lowest BCUT2D eigenvalue weighted by Gasteiger charge is -2.14. The largest absolute Gasteiger partial charge is 0.342 e. The molecule has 0 aliphatic heterocycles. The van der Waals surface area contributed by atoms with Gasteiger partial charge in [-0.1, -0.05) is 11.6 Å². The van der Waals surface area contributed by atoms with E-state index in [0.717, 1.165) is 6.26 Å². The van der Waals surface area contributed by atoms with Gasteiger partial charge in [0, 0.05) is 29.2 Å². The molecule has 2 heterocycles. The summed E-state index contributed by atoms with van der Waals surface area (Å²) >= 11 is 12.2. The first kappa shape index (κ1) is 24.0. The highest BCUT2D eigenvalue weighted by Gasteiger charge is 2.48. The Bertz CT molecular complexity index is 1370. The molecule has 0 radical (unpaired) electrons. The van der Waals surface area contributed by atoms with E-state index in [9.17, 15) is 18.0 Å². The van der Waals surface area contributed by atoms with Gasteiger partial charge >= 0.3 is 0 Å². The lowest BCUT2D eigenvalue weighted by molar-refractivity contribution is -0.116. The predicted molar refractivity (Wildman–Crippen MR) is 124 cm³/mol.